The van der Waals surface area contributed by atoms with E-state index in [1.165, 1.54) is 0 Å². The molecule has 1 aliphatic rings. The van der Waals surface area contributed by atoms with E-state index in [4.69, 9.17) is 5.11 Å². The molecule has 24 heavy (non-hydrogen) atoms. The van der Waals surface area contributed by atoms with Gasteiger partial charge in [0.2, 0.25) is 0 Å². The molecule has 3 heterocycles. The van der Waals surface area contributed by atoms with Crippen LogP contribution in [0.1, 0.15) is 23.2 Å². The van der Waals surface area contributed by atoms with E-state index in [1.54, 1.807) is 18.3 Å². The lowest BCUT2D eigenvalue weighted by Gasteiger charge is -2.36. The summed E-state index contributed by atoms with van der Waals surface area (Å²) in [6.45, 7) is 9.19. The van der Waals surface area contributed by atoms with E-state index in [1.807, 2.05) is 18.7 Å². The van der Waals surface area contributed by atoms with Crippen molar-refractivity contribution in [3.63, 3.8) is 0 Å². The molecule has 1 unspecified atom stereocenters. The highest BCUT2D eigenvalue weighted by atomic mass is 32.1. The van der Waals surface area contributed by atoms with Gasteiger partial charge >= 0.3 is 5.97 Å². The van der Waals surface area contributed by atoms with Gasteiger partial charge in [0.15, 0.2) is 0 Å². The lowest BCUT2D eigenvalue weighted by Crippen LogP contribution is -2.51. The van der Waals surface area contributed by atoms with E-state index in [2.05, 4.69) is 14.9 Å². The minimum atomic E-state index is -0.789. The van der Waals surface area contributed by atoms with Crippen molar-refractivity contribution in [3.05, 3.63) is 26.6 Å². The van der Waals surface area contributed by atoms with Gasteiger partial charge < -0.3 is 10.1 Å². The monoisotopic (exact) mass is 350 g/mol. The topological polar surface area (TPSA) is 89.5 Å². The molecule has 2 N–H and O–H groups in total. The second kappa shape index (κ2) is 6.62. The number of carboxylic acids is 1. The molecule has 1 fully saturated rings. The van der Waals surface area contributed by atoms with Gasteiger partial charge in [-0.1, -0.05) is 0 Å². The molecule has 1 atom stereocenters. The Labute approximate surface area is 143 Å². The SMILES string of the molecule is Cc1sc2nc(CN3CCN(C(C)C(=O)O)CC3)[nH]c(=O)c2c1C. The van der Waals surface area contributed by atoms with E-state index in [0.717, 1.165) is 28.4 Å². The first-order valence-corrected chi connectivity index (χ1v) is 8.86. The summed E-state index contributed by atoms with van der Waals surface area (Å²) >= 11 is 1.55. The number of carboxylic acid groups (broad SMARTS) is 1. The molecule has 0 aromatic carbocycles. The molecule has 0 spiro atoms. The molecule has 2 aromatic rings. The average Bonchev–Trinajstić information content (AvgIpc) is 2.82. The van der Waals surface area contributed by atoms with Crippen molar-refractivity contribution in [2.24, 2.45) is 0 Å². The Hall–Kier alpha value is -1.77. The van der Waals surface area contributed by atoms with Gasteiger partial charge in [0.05, 0.1) is 11.9 Å². The third-order valence-electron chi connectivity index (χ3n) is 4.77. The predicted molar refractivity (Wildman–Crippen MR) is 93.7 cm³/mol. The fourth-order valence-corrected chi connectivity index (χ4v) is 4.10. The highest BCUT2D eigenvalue weighted by Crippen LogP contribution is 2.25. The summed E-state index contributed by atoms with van der Waals surface area (Å²) in [5.74, 6) is -0.114. The third kappa shape index (κ3) is 3.22. The van der Waals surface area contributed by atoms with Gasteiger partial charge in [-0.3, -0.25) is 19.4 Å². The van der Waals surface area contributed by atoms with Crippen LogP contribution in [-0.4, -0.2) is 63.1 Å². The largest absolute Gasteiger partial charge is 0.480 e. The van der Waals surface area contributed by atoms with Crippen LogP contribution in [0.3, 0.4) is 0 Å². The Morgan fingerprint density at radius 2 is 2.00 bits per heavy atom. The van der Waals surface area contributed by atoms with Crippen molar-refractivity contribution < 1.29 is 9.90 Å². The van der Waals surface area contributed by atoms with Crippen LogP contribution in [0.25, 0.3) is 10.2 Å². The minimum absolute atomic E-state index is 0.0741. The Balaban J connectivity index is 1.71. The summed E-state index contributed by atoms with van der Waals surface area (Å²) in [4.78, 5) is 36.9. The second-order valence-electron chi connectivity index (χ2n) is 6.30. The molecule has 0 aliphatic carbocycles. The maximum absolute atomic E-state index is 12.3. The van der Waals surface area contributed by atoms with Gasteiger partial charge in [-0.25, -0.2) is 4.98 Å². The summed E-state index contributed by atoms with van der Waals surface area (Å²) in [5.41, 5.74) is 0.932. The quantitative estimate of drug-likeness (QED) is 0.861. The Morgan fingerprint density at radius 3 is 2.62 bits per heavy atom. The zero-order valence-corrected chi connectivity index (χ0v) is 14.9. The normalized spacial score (nSPS) is 18.1. The van der Waals surface area contributed by atoms with Crippen molar-refractivity contribution in [1.29, 1.82) is 0 Å². The molecule has 7 nitrogen and oxygen atoms in total. The first kappa shape index (κ1) is 17.1. The number of aryl methyl sites for hydroxylation is 2. The molecular formula is C16H22N4O3S. The number of rotatable bonds is 4. The zero-order chi connectivity index (χ0) is 17.4. The fourth-order valence-electron chi connectivity index (χ4n) is 3.05. The van der Waals surface area contributed by atoms with Gasteiger partial charge in [0.25, 0.3) is 5.56 Å². The van der Waals surface area contributed by atoms with Crippen LogP contribution in [0.2, 0.25) is 0 Å². The Bertz CT molecular complexity index is 821. The highest BCUT2D eigenvalue weighted by Gasteiger charge is 2.25. The number of aromatic amines is 1. The lowest BCUT2D eigenvalue weighted by atomic mass is 10.2. The molecule has 0 bridgehead atoms. The fraction of sp³-hybridized carbons (Fsp3) is 0.562. The summed E-state index contributed by atoms with van der Waals surface area (Å²) in [6, 6.07) is -0.460. The number of carbonyl (C=O) groups is 1. The van der Waals surface area contributed by atoms with Crippen LogP contribution in [0.15, 0.2) is 4.79 Å². The molecular weight excluding hydrogens is 328 g/mol. The lowest BCUT2D eigenvalue weighted by molar-refractivity contribution is -0.143. The van der Waals surface area contributed by atoms with Crippen LogP contribution < -0.4 is 5.56 Å². The van der Waals surface area contributed by atoms with Gasteiger partial charge in [-0.2, -0.15) is 0 Å². The van der Waals surface area contributed by atoms with E-state index in [0.29, 0.717) is 30.8 Å². The number of aliphatic carboxylic acids is 1. The first-order valence-electron chi connectivity index (χ1n) is 8.05. The van der Waals surface area contributed by atoms with Crippen molar-refractivity contribution in [2.75, 3.05) is 26.2 Å². The smallest absolute Gasteiger partial charge is 0.320 e. The number of hydrogen-bond acceptors (Lipinski definition) is 6. The molecule has 0 saturated carbocycles. The van der Waals surface area contributed by atoms with Gasteiger partial charge in [-0.05, 0) is 26.3 Å². The molecule has 8 heteroatoms. The molecule has 2 aromatic heterocycles. The number of thiophene rings is 1. The maximum Gasteiger partial charge on any atom is 0.320 e. The summed E-state index contributed by atoms with van der Waals surface area (Å²) in [7, 11) is 0. The molecule has 0 radical (unpaired) electrons. The van der Waals surface area contributed by atoms with Crippen LogP contribution >= 0.6 is 11.3 Å². The Kier molecular flexibility index (Phi) is 4.71. The van der Waals surface area contributed by atoms with Crippen LogP contribution in [0, 0.1) is 13.8 Å². The summed E-state index contributed by atoms with van der Waals surface area (Å²) in [5, 5.41) is 9.78. The van der Waals surface area contributed by atoms with E-state index >= 15 is 0 Å². The highest BCUT2D eigenvalue weighted by molar-refractivity contribution is 7.18. The van der Waals surface area contributed by atoms with Crippen LogP contribution in [-0.2, 0) is 11.3 Å². The summed E-state index contributed by atoms with van der Waals surface area (Å²) in [6.07, 6.45) is 0. The third-order valence-corrected chi connectivity index (χ3v) is 5.87. The second-order valence-corrected chi connectivity index (χ2v) is 7.51. The summed E-state index contributed by atoms with van der Waals surface area (Å²) < 4.78 is 0. The first-order chi connectivity index (χ1) is 11.4. The number of aromatic nitrogens is 2. The zero-order valence-electron chi connectivity index (χ0n) is 14.1. The number of nitrogens with zero attached hydrogens (tertiary/aromatic N) is 3. The van der Waals surface area contributed by atoms with E-state index in [9.17, 15) is 9.59 Å². The molecule has 3 rings (SSSR count). The maximum atomic E-state index is 12.3. The molecule has 130 valence electrons. The standard InChI is InChI=1S/C16H22N4O3S/c1-9-11(3)24-15-13(9)14(21)17-12(18-15)8-19-4-6-20(7-5-19)10(2)16(22)23/h10H,4-8H2,1-3H3,(H,22,23)(H,17,18,21). The van der Waals surface area contributed by atoms with E-state index < -0.39 is 12.0 Å². The van der Waals surface area contributed by atoms with Crippen molar-refractivity contribution >= 4 is 27.5 Å². The number of H-pyrrole nitrogens is 1. The van der Waals surface area contributed by atoms with Crippen LogP contribution in [0.4, 0.5) is 0 Å². The van der Waals surface area contributed by atoms with Crippen molar-refractivity contribution in [2.45, 2.75) is 33.4 Å². The average molecular weight is 350 g/mol. The number of fused-ring (bicyclic) bond motifs is 1. The van der Waals surface area contributed by atoms with Crippen molar-refractivity contribution in [1.82, 2.24) is 19.8 Å². The van der Waals surface area contributed by atoms with Crippen molar-refractivity contribution in [3.8, 4) is 0 Å². The number of nitrogens with one attached hydrogen (secondary N) is 1. The number of piperazine rings is 1. The predicted octanol–water partition coefficient (Wildman–Crippen LogP) is 1.19. The molecule has 0 amide bonds. The minimum Gasteiger partial charge on any atom is -0.480 e. The molecule has 1 aliphatic heterocycles. The Morgan fingerprint density at radius 1 is 1.33 bits per heavy atom. The van der Waals surface area contributed by atoms with Gasteiger partial charge in [0.1, 0.15) is 16.7 Å². The van der Waals surface area contributed by atoms with Gasteiger partial charge in [0, 0.05) is 31.1 Å². The van der Waals surface area contributed by atoms with Crippen LogP contribution in [0.5, 0.6) is 0 Å². The number of hydrogen-bond donors (Lipinski definition) is 2. The van der Waals surface area contributed by atoms with E-state index in [-0.39, 0.29) is 5.56 Å². The van der Waals surface area contributed by atoms with Gasteiger partial charge in [-0.15, -0.1) is 11.3 Å². The molecule has 1 saturated heterocycles.